The van der Waals surface area contributed by atoms with Crippen LogP contribution in [0.5, 0.6) is 0 Å². The number of anilines is 1. The molecule has 0 unspecified atom stereocenters. The van der Waals surface area contributed by atoms with Crippen molar-refractivity contribution in [2.24, 2.45) is 0 Å². The zero-order valence-electron chi connectivity index (χ0n) is 11.2. The molecule has 1 aliphatic rings. The van der Waals surface area contributed by atoms with Crippen LogP contribution in [0, 0.1) is 6.92 Å². The third kappa shape index (κ3) is 2.53. The zero-order chi connectivity index (χ0) is 13.5. The molecule has 6 heteroatoms. The van der Waals surface area contributed by atoms with E-state index in [1.807, 2.05) is 32.4 Å². The number of amides is 1. The molecule has 0 radical (unpaired) electrons. The van der Waals surface area contributed by atoms with E-state index in [-0.39, 0.29) is 6.09 Å². The van der Waals surface area contributed by atoms with E-state index in [9.17, 15) is 4.79 Å². The first-order chi connectivity index (χ1) is 8.29. The van der Waals surface area contributed by atoms with Gasteiger partial charge in [-0.05, 0) is 50.0 Å². The van der Waals surface area contributed by atoms with Gasteiger partial charge in [-0.1, -0.05) is 0 Å². The Hall–Kier alpha value is -1.04. The maximum absolute atomic E-state index is 12.2. The van der Waals surface area contributed by atoms with Crippen molar-refractivity contribution in [2.75, 3.05) is 11.4 Å². The Morgan fingerprint density at radius 2 is 2.06 bits per heavy atom. The van der Waals surface area contributed by atoms with E-state index in [1.54, 1.807) is 4.90 Å². The first-order valence-corrected chi connectivity index (χ1v) is 6.82. The van der Waals surface area contributed by atoms with E-state index in [0.717, 1.165) is 29.0 Å². The Balaban J connectivity index is 2.30. The predicted molar refractivity (Wildman–Crippen MR) is 72.9 cm³/mol. The second kappa shape index (κ2) is 4.57. The minimum Gasteiger partial charge on any atom is -0.443 e. The van der Waals surface area contributed by atoms with Crippen LogP contribution in [0.2, 0.25) is 0 Å². The smallest absolute Gasteiger partial charge is 0.416 e. The molecule has 2 heterocycles. The fourth-order valence-corrected chi connectivity index (χ4v) is 2.44. The van der Waals surface area contributed by atoms with Crippen LogP contribution in [-0.4, -0.2) is 28.0 Å². The van der Waals surface area contributed by atoms with Crippen LogP contribution in [0.25, 0.3) is 0 Å². The first-order valence-electron chi connectivity index (χ1n) is 6.03. The number of ether oxygens (including phenoxy) is 1. The van der Waals surface area contributed by atoms with Crippen molar-refractivity contribution in [2.45, 2.75) is 46.3 Å². The molecule has 0 atom stereocenters. The highest BCUT2D eigenvalue weighted by Crippen LogP contribution is 2.33. The molecule has 1 aromatic heterocycles. The van der Waals surface area contributed by atoms with E-state index in [2.05, 4.69) is 21.0 Å². The summed E-state index contributed by atoms with van der Waals surface area (Å²) in [6.45, 7) is 9.02. The van der Waals surface area contributed by atoms with E-state index < -0.39 is 5.60 Å². The second-order valence-corrected chi connectivity index (χ2v) is 6.22. The first kappa shape index (κ1) is 13.4. The van der Waals surface area contributed by atoms with Gasteiger partial charge in [0.25, 0.3) is 0 Å². The average Bonchev–Trinajstić information content (AvgIpc) is 2.52. The van der Waals surface area contributed by atoms with Gasteiger partial charge in [0.2, 0.25) is 0 Å². The standard InChI is InChI=1S/C12H18BrN3O2/c1-8-9(13)10-15(6-5-7-16(10)14-8)11(17)18-12(2,3)4/h5-7H2,1-4H3. The van der Waals surface area contributed by atoms with E-state index in [0.29, 0.717) is 6.54 Å². The number of carbonyl (C=O) groups is 1. The molecule has 0 fully saturated rings. The molecule has 0 aromatic carbocycles. The van der Waals surface area contributed by atoms with Crippen LogP contribution < -0.4 is 4.90 Å². The van der Waals surface area contributed by atoms with Gasteiger partial charge in [-0.15, -0.1) is 0 Å². The molecule has 1 aliphatic heterocycles. The summed E-state index contributed by atoms with van der Waals surface area (Å²) in [5.41, 5.74) is 0.404. The lowest BCUT2D eigenvalue weighted by Gasteiger charge is -2.30. The monoisotopic (exact) mass is 315 g/mol. The fourth-order valence-electron chi connectivity index (χ4n) is 1.94. The molecule has 1 aromatic rings. The molecular formula is C12H18BrN3O2. The molecule has 0 spiro atoms. The van der Waals surface area contributed by atoms with Gasteiger partial charge in [-0.2, -0.15) is 5.10 Å². The number of fused-ring (bicyclic) bond motifs is 1. The summed E-state index contributed by atoms with van der Waals surface area (Å²) in [5, 5.41) is 4.40. The number of aryl methyl sites for hydroxylation is 2. The molecular weight excluding hydrogens is 298 g/mol. The number of carbonyl (C=O) groups excluding carboxylic acids is 1. The molecule has 0 aliphatic carbocycles. The number of hydrogen-bond acceptors (Lipinski definition) is 3. The summed E-state index contributed by atoms with van der Waals surface area (Å²) in [6, 6.07) is 0. The van der Waals surface area contributed by atoms with Gasteiger partial charge in [-0.3, -0.25) is 4.90 Å². The lowest BCUT2D eigenvalue weighted by molar-refractivity contribution is 0.0572. The van der Waals surface area contributed by atoms with Crippen LogP contribution in [0.3, 0.4) is 0 Å². The number of halogens is 1. The van der Waals surface area contributed by atoms with E-state index >= 15 is 0 Å². The lowest BCUT2D eigenvalue weighted by atomic mass is 10.2. The van der Waals surface area contributed by atoms with Crippen molar-refractivity contribution in [3.63, 3.8) is 0 Å². The number of nitrogens with zero attached hydrogens (tertiary/aromatic N) is 3. The Morgan fingerprint density at radius 3 is 2.67 bits per heavy atom. The van der Waals surface area contributed by atoms with Crippen molar-refractivity contribution < 1.29 is 9.53 Å². The van der Waals surface area contributed by atoms with Crippen LogP contribution >= 0.6 is 15.9 Å². The Kier molecular flexibility index (Phi) is 3.40. The number of hydrogen-bond donors (Lipinski definition) is 0. The topological polar surface area (TPSA) is 47.4 Å². The van der Waals surface area contributed by atoms with Crippen LogP contribution in [-0.2, 0) is 11.3 Å². The quantitative estimate of drug-likeness (QED) is 0.739. The van der Waals surface area contributed by atoms with Gasteiger partial charge in [0.1, 0.15) is 5.60 Å². The third-order valence-electron chi connectivity index (χ3n) is 2.65. The van der Waals surface area contributed by atoms with Crippen LogP contribution in [0.1, 0.15) is 32.9 Å². The van der Waals surface area contributed by atoms with Crippen molar-refractivity contribution in [1.29, 1.82) is 0 Å². The van der Waals surface area contributed by atoms with E-state index in [1.165, 1.54) is 0 Å². The average molecular weight is 316 g/mol. The molecule has 5 nitrogen and oxygen atoms in total. The molecule has 0 N–H and O–H groups in total. The molecule has 2 rings (SSSR count). The van der Waals surface area contributed by atoms with Crippen molar-refractivity contribution in [1.82, 2.24) is 9.78 Å². The molecule has 1 amide bonds. The predicted octanol–water partition coefficient (Wildman–Crippen LogP) is 3.10. The van der Waals surface area contributed by atoms with Gasteiger partial charge < -0.3 is 4.74 Å². The van der Waals surface area contributed by atoms with Crippen molar-refractivity contribution >= 4 is 27.8 Å². The Bertz CT molecular complexity index is 476. The fraction of sp³-hybridized carbons (Fsp3) is 0.667. The summed E-state index contributed by atoms with van der Waals surface area (Å²) in [6.07, 6.45) is 0.573. The van der Waals surface area contributed by atoms with Gasteiger partial charge in [0.05, 0.1) is 10.2 Å². The summed E-state index contributed by atoms with van der Waals surface area (Å²) in [4.78, 5) is 13.8. The minimum atomic E-state index is -0.485. The van der Waals surface area contributed by atoms with Gasteiger partial charge in [-0.25, -0.2) is 9.48 Å². The third-order valence-corrected chi connectivity index (χ3v) is 3.58. The van der Waals surface area contributed by atoms with Crippen molar-refractivity contribution in [3.05, 3.63) is 10.2 Å². The number of rotatable bonds is 0. The summed E-state index contributed by atoms with van der Waals surface area (Å²) in [7, 11) is 0. The summed E-state index contributed by atoms with van der Waals surface area (Å²) < 4.78 is 8.15. The van der Waals surface area contributed by atoms with Gasteiger partial charge >= 0.3 is 6.09 Å². The maximum atomic E-state index is 12.2. The summed E-state index contributed by atoms with van der Waals surface area (Å²) >= 11 is 3.49. The SMILES string of the molecule is Cc1nn2c(c1Br)N(C(=O)OC(C)(C)C)CCC2. The Labute approximate surface area is 115 Å². The lowest BCUT2D eigenvalue weighted by Crippen LogP contribution is -2.41. The van der Waals surface area contributed by atoms with Crippen molar-refractivity contribution in [3.8, 4) is 0 Å². The molecule has 0 saturated carbocycles. The highest BCUT2D eigenvalue weighted by atomic mass is 79.9. The highest BCUT2D eigenvalue weighted by Gasteiger charge is 2.30. The molecule has 0 saturated heterocycles. The van der Waals surface area contributed by atoms with Crippen LogP contribution in [0.4, 0.5) is 10.6 Å². The molecule has 0 bridgehead atoms. The zero-order valence-corrected chi connectivity index (χ0v) is 12.7. The molecule has 100 valence electrons. The van der Waals surface area contributed by atoms with Gasteiger partial charge in [0, 0.05) is 13.1 Å². The maximum Gasteiger partial charge on any atom is 0.416 e. The largest absolute Gasteiger partial charge is 0.443 e. The summed E-state index contributed by atoms with van der Waals surface area (Å²) in [5.74, 6) is 0.799. The minimum absolute atomic E-state index is 0.316. The highest BCUT2D eigenvalue weighted by molar-refractivity contribution is 9.10. The van der Waals surface area contributed by atoms with E-state index in [4.69, 9.17) is 4.74 Å². The normalized spacial score (nSPS) is 15.5. The second-order valence-electron chi connectivity index (χ2n) is 5.43. The Morgan fingerprint density at radius 1 is 1.39 bits per heavy atom. The van der Waals surface area contributed by atoms with Crippen LogP contribution in [0.15, 0.2) is 4.47 Å². The molecule has 18 heavy (non-hydrogen) atoms. The van der Waals surface area contributed by atoms with Gasteiger partial charge in [0.15, 0.2) is 5.82 Å². The number of aromatic nitrogens is 2.